The number of carbonyl (C=O) groups is 2. The fourth-order valence-electron chi connectivity index (χ4n) is 4.73. The molecule has 10 heteroatoms. The van der Waals surface area contributed by atoms with E-state index in [2.05, 4.69) is 20.6 Å². The summed E-state index contributed by atoms with van der Waals surface area (Å²) < 4.78 is 1.64. The van der Waals surface area contributed by atoms with Crippen molar-refractivity contribution in [2.24, 2.45) is 5.41 Å². The number of aliphatic hydroxyl groups excluding tert-OH is 1. The van der Waals surface area contributed by atoms with Crippen molar-refractivity contribution in [3.8, 4) is 10.4 Å². The SMILES string of the molecule is CC(C)(C)[C@@H](C(=O)N1CC(O)CC1C(=O)NCc1ncc(-c2ccccc2)s1)n1cc(C2CC2)nn1. The van der Waals surface area contributed by atoms with Gasteiger partial charge in [-0.1, -0.05) is 56.3 Å². The molecule has 2 aliphatic rings. The second kappa shape index (κ2) is 9.74. The molecule has 9 nitrogen and oxygen atoms in total. The Bertz CT molecular complexity index is 1230. The highest BCUT2D eigenvalue weighted by Crippen LogP contribution is 2.40. The van der Waals surface area contributed by atoms with Gasteiger partial charge in [0.1, 0.15) is 17.1 Å². The largest absolute Gasteiger partial charge is 0.391 e. The Morgan fingerprint density at radius 3 is 2.67 bits per heavy atom. The van der Waals surface area contributed by atoms with Crippen LogP contribution in [0.4, 0.5) is 0 Å². The predicted octanol–water partition coefficient (Wildman–Crippen LogP) is 3.14. The first kappa shape index (κ1) is 24.6. The van der Waals surface area contributed by atoms with Crippen LogP contribution < -0.4 is 5.32 Å². The summed E-state index contributed by atoms with van der Waals surface area (Å²) in [5.41, 5.74) is 1.52. The molecule has 0 spiro atoms. The van der Waals surface area contributed by atoms with E-state index in [0.717, 1.165) is 34.0 Å². The minimum atomic E-state index is -0.757. The number of benzene rings is 1. The molecule has 3 atom stereocenters. The number of hydrogen-bond acceptors (Lipinski definition) is 7. The van der Waals surface area contributed by atoms with Gasteiger partial charge in [0.2, 0.25) is 11.8 Å². The van der Waals surface area contributed by atoms with Gasteiger partial charge in [-0.15, -0.1) is 16.4 Å². The standard InChI is InChI=1S/C26H32N6O3S/c1-26(2,3)23(32-15-19(29-30-32)16-9-10-16)25(35)31-14-18(33)11-20(31)24(34)28-13-22-27-12-21(36-22)17-7-5-4-6-8-17/h4-8,12,15-16,18,20,23,33H,9-11,13-14H2,1-3H3,(H,28,34)/t18?,20?,23-/m1/s1. The van der Waals surface area contributed by atoms with Gasteiger partial charge in [0.15, 0.2) is 0 Å². The van der Waals surface area contributed by atoms with E-state index >= 15 is 0 Å². The minimum Gasteiger partial charge on any atom is -0.391 e. The number of aromatic nitrogens is 4. The summed E-state index contributed by atoms with van der Waals surface area (Å²) in [5, 5.41) is 22.7. The van der Waals surface area contributed by atoms with Gasteiger partial charge in [0.25, 0.3) is 0 Å². The van der Waals surface area contributed by atoms with Crippen molar-refractivity contribution in [1.82, 2.24) is 30.2 Å². The highest BCUT2D eigenvalue weighted by atomic mass is 32.1. The zero-order chi connectivity index (χ0) is 25.4. The lowest BCUT2D eigenvalue weighted by atomic mass is 9.85. The van der Waals surface area contributed by atoms with Crippen molar-refractivity contribution < 1.29 is 14.7 Å². The third-order valence-electron chi connectivity index (χ3n) is 6.73. The number of nitrogens with one attached hydrogen (secondary N) is 1. The zero-order valence-corrected chi connectivity index (χ0v) is 21.6. The Hall–Kier alpha value is -3.11. The van der Waals surface area contributed by atoms with Crippen molar-refractivity contribution in [2.45, 2.75) is 70.7 Å². The number of hydrogen-bond donors (Lipinski definition) is 2. The maximum Gasteiger partial charge on any atom is 0.248 e. The second-order valence-corrected chi connectivity index (χ2v) is 11.9. The van der Waals surface area contributed by atoms with E-state index in [9.17, 15) is 14.7 Å². The van der Waals surface area contributed by atoms with Gasteiger partial charge in [-0.25, -0.2) is 9.67 Å². The van der Waals surface area contributed by atoms with E-state index in [1.807, 2.05) is 57.3 Å². The lowest BCUT2D eigenvalue weighted by molar-refractivity contribution is -0.144. The Kier molecular flexibility index (Phi) is 6.65. The maximum absolute atomic E-state index is 13.8. The topological polar surface area (TPSA) is 113 Å². The molecule has 2 unspecified atom stereocenters. The van der Waals surface area contributed by atoms with Crippen molar-refractivity contribution >= 4 is 23.2 Å². The van der Waals surface area contributed by atoms with Crippen LogP contribution in [0.5, 0.6) is 0 Å². The molecular formula is C26H32N6O3S. The van der Waals surface area contributed by atoms with Crippen molar-refractivity contribution in [2.75, 3.05) is 6.54 Å². The van der Waals surface area contributed by atoms with Crippen LogP contribution in [-0.4, -0.2) is 60.5 Å². The molecule has 1 aliphatic heterocycles. The number of amides is 2. The monoisotopic (exact) mass is 508 g/mol. The highest BCUT2D eigenvalue weighted by molar-refractivity contribution is 7.15. The Morgan fingerprint density at radius 1 is 1.22 bits per heavy atom. The first-order valence-corrected chi connectivity index (χ1v) is 13.2. The summed E-state index contributed by atoms with van der Waals surface area (Å²) in [5.74, 6) is -0.0942. The maximum atomic E-state index is 13.8. The van der Waals surface area contributed by atoms with E-state index in [1.54, 1.807) is 10.9 Å². The molecular weight excluding hydrogens is 476 g/mol. The molecule has 3 aromatic rings. The second-order valence-electron chi connectivity index (χ2n) is 10.8. The van der Waals surface area contributed by atoms with E-state index in [-0.39, 0.29) is 31.3 Å². The molecule has 1 saturated heterocycles. The number of β-amino-alcohol motifs (C(OH)–C–C–N with tert-alkyl or cyclic N) is 1. The van der Waals surface area contributed by atoms with E-state index in [0.29, 0.717) is 5.92 Å². The molecule has 36 heavy (non-hydrogen) atoms. The van der Waals surface area contributed by atoms with Gasteiger partial charge in [0, 0.05) is 31.3 Å². The average Bonchev–Trinajstić information content (AvgIpc) is 3.22. The molecule has 1 aliphatic carbocycles. The van der Waals surface area contributed by atoms with E-state index < -0.39 is 23.6 Å². The number of carbonyl (C=O) groups excluding carboxylic acids is 2. The van der Waals surface area contributed by atoms with E-state index in [1.165, 1.54) is 16.2 Å². The highest BCUT2D eigenvalue weighted by Gasteiger charge is 2.45. The lowest BCUT2D eigenvalue weighted by Crippen LogP contribution is -2.50. The summed E-state index contributed by atoms with van der Waals surface area (Å²) in [6.45, 7) is 6.30. The molecule has 1 saturated carbocycles. The summed E-state index contributed by atoms with van der Waals surface area (Å²) >= 11 is 1.52. The van der Waals surface area contributed by atoms with Gasteiger partial charge >= 0.3 is 0 Å². The molecule has 3 heterocycles. The van der Waals surface area contributed by atoms with Crippen LogP contribution in [0.3, 0.4) is 0 Å². The molecule has 2 N–H and O–H groups in total. The molecule has 2 amide bonds. The summed E-state index contributed by atoms with van der Waals surface area (Å²) in [6.07, 6.45) is 5.30. The van der Waals surface area contributed by atoms with Crippen LogP contribution in [0.1, 0.15) is 62.7 Å². The van der Waals surface area contributed by atoms with Crippen LogP contribution in [-0.2, 0) is 16.1 Å². The average molecular weight is 509 g/mol. The van der Waals surface area contributed by atoms with Crippen molar-refractivity contribution in [3.05, 3.63) is 53.4 Å². The first-order valence-electron chi connectivity index (χ1n) is 12.4. The number of likely N-dealkylation sites (tertiary alicyclic amines) is 1. The minimum absolute atomic E-state index is 0.114. The van der Waals surface area contributed by atoms with Crippen LogP contribution in [0.15, 0.2) is 42.7 Å². The molecule has 1 aromatic carbocycles. The Balaban J connectivity index is 1.29. The van der Waals surface area contributed by atoms with Crippen molar-refractivity contribution in [3.63, 3.8) is 0 Å². The smallest absolute Gasteiger partial charge is 0.248 e. The number of rotatable bonds is 7. The van der Waals surface area contributed by atoms with Crippen molar-refractivity contribution in [1.29, 1.82) is 0 Å². The summed E-state index contributed by atoms with van der Waals surface area (Å²) in [7, 11) is 0. The van der Waals surface area contributed by atoms with Gasteiger partial charge in [-0.2, -0.15) is 0 Å². The molecule has 5 rings (SSSR count). The third kappa shape index (κ3) is 5.19. The molecule has 0 bridgehead atoms. The van der Waals surface area contributed by atoms with Crippen LogP contribution in [0.25, 0.3) is 10.4 Å². The molecule has 0 radical (unpaired) electrons. The quantitative estimate of drug-likeness (QED) is 0.507. The Labute approximate surface area is 214 Å². The molecule has 190 valence electrons. The van der Waals surface area contributed by atoms with Gasteiger partial charge in [0.05, 0.1) is 23.2 Å². The predicted molar refractivity (Wildman–Crippen MR) is 136 cm³/mol. The van der Waals surface area contributed by atoms with Crippen LogP contribution in [0.2, 0.25) is 0 Å². The fraction of sp³-hybridized carbons (Fsp3) is 0.500. The first-order chi connectivity index (χ1) is 17.2. The third-order valence-corrected chi connectivity index (χ3v) is 7.78. The summed E-state index contributed by atoms with van der Waals surface area (Å²) in [6, 6.07) is 8.58. The number of thiazole rings is 1. The zero-order valence-electron chi connectivity index (χ0n) is 20.8. The summed E-state index contributed by atoms with van der Waals surface area (Å²) in [4.78, 5) is 34.0. The normalized spacial score (nSPS) is 20.9. The van der Waals surface area contributed by atoms with Crippen LogP contribution in [0, 0.1) is 5.41 Å². The molecule has 2 fully saturated rings. The van der Waals surface area contributed by atoms with Gasteiger partial charge in [-0.05, 0) is 23.8 Å². The lowest BCUT2D eigenvalue weighted by Gasteiger charge is -2.34. The van der Waals surface area contributed by atoms with Crippen LogP contribution >= 0.6 is 11.3 Å². The van der Waals surface area contributed by atoms with Gasteiger partial charge < -0.3 is 15.3 Å². The van der Waals surface area contributed by atoms with Gasteiger partial charge in [-0.3, -0.25) is 9.59 Å². The molecule has 2 aromatic heterocycles. The van der Waals surface area contributed by atoms with E-state index in [4.69, 9.17) is 0 Å². The number of aliphatic hydroxyl groups is 1. The fourth-order valence-corrected chi connectivity index (χ4v) is 5.60. The Morgan fingerprint density at radius 2 is 1.97 bits per heavy atom. The number of nitrogens with zero attached hydrogens (tertiary/aromatic N) is 5.